The predicted molar refractivity (Wildman–Crippen MR) is 127 cm³/mol. The molecule has 0 spiro atoms. The summed E-state index contributed by atoms with van der Waals surface area (Å²) in [5, 5.41) is 13.2. The lowest BCUT2D eigenvalue weighted by Gasteiger charge is -2.30. The normalized spacial score (nSPS) is 19.3. The Hall–Kier alpha value is -3.56. The zero-order chi connectivity index (χ0) is 25.4. The van der Waals surface area contributed by atoms with Gasteiger partial charge in [-0.3, -0.25) is 29.3 Å². The van der Waals surface area contributed by atoms with Gasteiger partial charge in [0.2, 0.25) is 0 Å². The van der Waals surface area contributed by atoms with Gasteiger partial charge >= 0.3 is 0 Å². The number of nitro benzene ring substituents is 1. The molecule has 0 bridgehead atoms. The number of imide groups is 1. The van der Waals surface area contributed by atoms with Crippen molar-refractivity contribution in [1.82, 2.24) is 10.0 Å². The van der Waals surface area contributed by atoms with Crippen LogP contribution in [-0.4, -0.2) is 45.0 Å². The molecule has 0 aromatic heterocycles. The average molecular weight is 516 g/mol. The lowest BCUT2D eigenvalue weighted by molar-refractivity contribution is -0.385. The summed E-state index contributed by atoms with van der Waals surface area (Å²) in [5.41, 5.74) is 0.0751. The summed E-state index contributed by atoms with van der Waals surface area (Å²) in [4.78, 5) is 64.1. The lowest BCUT2D eigenvalue weighted by atomic mass is 9.82. The van der Waals surface area contributed by atoms with E-state index in [1.165, 1.54) is 36.4 Å². The van der Waals surface area contributed by atoms with Crippen molar-refractivity contribution in [3.05, 3.63) is 85.4 Å². The highest BCUT2D eigenvalue weighted by molar-refractivity contribution is 6.37. The fourth-order valence-corrected chi connectivity index (χ4v) is 4.89. The van der Waals surface area contributed by atoms with E-state index in [-0.39, 0.29) is 21.2 Å². The maximum absolute atomic E-state index is 13.6. The minimum absolute atomic E-state index is 0.0189. The number of ketones is 1. The molecule has 35 heavy (non-hydrogen) atoms. The number of rotatable bonds is 6. The highest BCUT2D eigenvalue weighted by atomic mass is 35.5. The molecule has 0 unspecified atom stereocenters. The Morgan fingerprint density at radius 3 is 2.46 bits per heavy atom. The molecule has 1 aliphatic carbocycles. The van der Waals surface area contributed by atoms with E-state index in [2.05, 4.69) is 0 Å². The molecule has 4 rings (SSSR count). The lowest BCUT2D eigenvalue weighted by Crippen LogP contribution is -2.52. The molecule has 0 radical (unpaired) electrons. The number of carbonyl (C=O) groups excluding carboxylic acids is 4. The second kappa shape index (κ2) is 9.59. The van der Waals surface area contributed by atoms with E-state index in [4.69, 9.17) is 23.2 Å². The van der Waals surface area contributed by atoms with Gasteiger partial charge in [-0.05, 0) is 44.0 Å². The first kappa shape index (κ1) is 24.6. The third-order valence-corrected chi connectivity index (χ3v) is 6.68. The van der Waals surface area contributed by atoms with Gasteiger partial charge in [0.05, 0.1) is 21.8 Å². The van der Waals surface area contributed by atoms with Crippen LogP contribution in [0.5, 0.6) is 0 Å². The molecule has 0 saturated carbocycles. The molecule has 2 aromatic carbocycles. The van der Waals surface area contributed by atoms with Gasteiger partial charge in [0.25, 0.3) is 23.4 Å². The minimum Gasteiger partial charge on any atom is -0.292 e. The van der Waals surface area contributed by atoms with Crippen LogP contribution >= 0.6 is 23.2 Å². The number of halogens is 2. The molecule has 1 saturated heterocycles. The Balaban J connectivity index is 1.76. The van der Waals surface area contributed by atoms with Crippen LogP contribution in [0.4, 0.5) is 5.69 Å². The van der Waals surface area contributed by atoms with Crippen molar-refractivity contribution in [2.24, 2.45) is 11.8 Å². The molecule has 2 atom stereocenters. The molecule has 3 amide bonds. The van der Waals surface area contributed by atoms with Crippen LogP contribution in [0.3, 0.4) is 0 Å². The summed E-state index contributed by atoms with van der Waals surface area (Å²) in [5.74, 6) is -4.33. The highest BCUT2D eigenvalue weighted by Crippen LogP contribution is 2.39. The van der Waals surface area contributed by atoms with Gasteiger partial charge in [-0.2, -0.15) is 5.01 Å². The smallest absolute Gasteiger partial charge is 0.282 e. The second-order valence-electron chi connectivity index (χ2n) is 8.38. The van der Waals surface area contributed by atoms with Crippen molar-refractivity contribution in [2.75, 3.05) is 6.54 Å². The fraction of sp³-hybridized carbons (Fsp3) is 0.250. The Bertz CT molecular complexity index is 1310. The number of hydrazine groups is 1. The van der Waals surface area contributed by atoms with E-state index in [9.17, 15) is 29.3 Å². The maximum Gasteiger partial charge on any atom is 0.282 e. The van der Waals surface area contributed by atoms with Crippen LogP contribution in [0.1, 0.15) is 40.5 Å². The van der Waals surface area contributed by atoms with Crippen LogP contribution < -0.4 is 0 Å². The predicted octanol–water partition coefficient (Wildman–Crippen LogP) is 4.48. The molecule has 2 aromatic rings. The van der Waals surface area contributed by atoms with Crippen molar-refractivity contribution in [3.63, 3.8) is 0 Å². The summed E-state index contributed by atoms with van der Waals surface area (Å²) in [6, 6.07) is 9.27. The van der Waals surface area contributed by atoms with Crippen molar-refractivity contribution in [1.29, 1.82) is 0 Å². The van der Waals surface area contributed by atoms with Crippen LogP contribution in [0.25, 0.3) is 0 Å². The molecule has 0 N–H and O–H groups in total. The Labute approximate surface area is 210 Å². The zero-order valence-electron chi connectivity index (χ0n) is 18.4. The van der Waals surface area contributed by atoms with Gasteiger partial charge in [-0.15, -0.1) is 0 Å². The first-order valence-electron chi connectivity index (χ1n) is 10.7. The summed E-state index contributed by atoms with van der Waals surface area (Å²) in [7, 11) is 0. The van der Waals surface area contributed by atoms with Crippen molar-refractivity contribution < 1.29 is 24.1 Å². The van der Waals surface area contributed by atoms with Gasteiger partial charge < -0.3 is 0 Å². The summed E-state index contributed by atoms with van der Waals surface area (Å²) < 4.78 is 0. The van der Waals surface area contributed by atoms with E-state index < -0.39 is 52.5 Å². The van der Waals surface area contributed by atoms with E-state index in [1.807, 2.05) is 13.0 Å². The van der Waals surface area contributed by atoms with Crippen LogP contribution in [0.15, 0.2) is 54.1 Å². The summed E-state index contributed by atoms with van der Waals surface area (Å²) >= 11 is 12.1. The Morgan fingerprint density at radius 2 is 1.77 bits per heavy atom. The van der Waals surface area contributed by atoms with Gasteiger partial charge in [-0.1, -0.05) is 47.0 Å². The quantitative estimate of drug-likeness (QED) is 0.184. The number of hydrogen-bond acceptors (Lipinski definition) is 6. The second-order valence-corrected chi connectivity index (χ2v) is 9.22. The van der Waals surface area contributed by atoms with Crippen molar-refractivity contribution in [3.8, 4) is 0 Å². The molecular formula is C24H19Cl2N3O6. The standard InChI is InChI=1S/C24H19Cl2N3O6/c1-13-6-8-15-18(10-13)24(33)28(23(15)32)27(12-21(30)16-9-7-14(25)11-19(16)26)22(31)17-4-2-3-5-20(17)29(34)35/h2-7,9,11,15,18H,8,10,12H2,1H3/t15-,18+/m1/s1. The summed E-state index contributed by atoms with van der Waals surface area (Å²) in [6.07, 6.45) is 2.53. The van der Waals surface area contributed by atoms with E-state index in [0.717, 1.165) is 11.6 Å². The van der Waals surface area contributed by atoms with Crippen molar-refractivity contribution >= 4 is 52.4 Å². The van der Waals surface area contributed by atoms with Gasteiger partial charge in [0, 0.05) is 16.7 Å². The maximum atomic E-state index is 13.6. The van der Waals surface area contributed by atoms with Gasteiger partial charge in [-0.25, -0.2) is 5.01 Å². The number of benzene rings is 2. The van der Waals surface area contributed by atoms with Gasteiger partial charge in [0.15, 0.2) is 5.78 Å². The number of allylic oxidation sites excluding steroid dienone is 2. The molecule has 1 heterocycles. The number of nitro groups is 1. The first-order chi connectivity index (χ1) is 16.6. The Kier molecular flexibility index (Phi) is 6.73. The largest absolute Gasteiger partial charge is 0.292 e. The number of para-hydroxylation sites is 1. The monoisotopic (exact) mass is 515 g/mol. The topological polar surface area (TPSA) is 118 Å². The third-order valence-electron chi connectivity index (χ3n) is 6.13. The average Bonchev–Trinajstić information content (AvgIpc) is 3.06. The first-order valence-corrected chi connectivity index (χ1v) is 11.4. The van der Waals surface area contributed by atoms with Crippen molar-refractivity contribution in [2.45, 2.75) is 19.8 Å². The molecule has 11 heteroatoms. The van der Waals surface area contributed by atoms with E-state index in [1.54, 1.807) is 0 Å². The SMILES string of the molecule is CC1=CC[C@H]2C(=O)N(N(CC(=O)c3ccc(Cl)cc3Cl)C(=O)c3ccccc3[N+](=O)[O-])C(=O)[C@H]2C1. The number of fused-ring (bicyclic) bond motifs is 1. The number of nitrogens with zero attached hydrogens (tertiary/aromatic N) is 3. The molecule has 1 fully saturated rings. The molecule has 180 valence electrons. The molecule has 9 nitrogen and oxygen atoms in total. The van der Waals surface area contributed by atoms with Crippen LogP contribution in [-0.2, 0) is 9.59 Å². The molecule has 1 aliphatic heterocycles. The zero-order valence-corrected chi connectivity index (χ0v) is 20.0. The van der Waals surface area contributed by atoms with Gasteiger partial charge in [0.1, 0.15) is 12.1 Å². The summed E-state index contributed by atoms with van der Waals surface area (Å²) in [6.45, 7) is 1.11. The van der Waals surface area contributed by atoms with E-state index >= 15 is 0 Å². The number of amides is 3. The minimum atomic E-state index is -1.03. The Morgan fingerprint density at radius 1 is 1.09 bits per heavy atom. The van der Waals surface area contributed by atoms with Crippen LogP contribution in [0.2, 0.25) is 10.0 Å². The number of Topliss-reactive ketones (excluding diaryl/α,β-unsaturated/α-hetero) is 1. The van der Waals surface area contributed by atoms with E-state index in [0.29, 0.717) is 22.9 Å². The highest BCUT2D eigenvalue weighted by Gasteiger charge is 2.52. The number of hydrogen-bond donors (Lipinski definition) is 0. The fourth-order valence-electron chi connectivity index (χ4n) is 4.38. The molecular weight excluding hydrogens is 497 g/mol. The van der Waals surface area contributed by atoms with Crippen LogP contribution in [0, 0.1) is 22.0 Å². The number of carbonyl (C=O) groups is 4. The molecule has 2 aliphatic rings. The third kappa shape index (κ3) is 4.56.